The number of hydrogen-bond acceptors (Lipinski definition) is 11. The molecule has 0 unspecified atom stereocenters. The van der Waals surface area contributed by atoms with Crippen LogP contribution in [-0.2, 0) is 96.0 Å². The molecule has 1 aromatic heterocycles. The molecule has 3 aliphatic heterocycles. The Kier molecular flexibility index (Phi) is 27.2. The molecule has 16 heteroatoms. The Hall–Kier alpha value is -9.11. The topological polar surface area (TPSA) is 90.0 Å². The molecule has 3 aliphatic rings. The van der Waals surface area contributed by atoms with Gasteiger partial charge in [0.1, 0.15) is 11.7 Å². The number of para-hydroxylation sites is 3. The maximum atomic E-state index is 5.58. The maximum absolute atomic E-state index is 5.58. The van der Waals surface area contributed by atoms with Gasteiger partial charge in [0.15, 0.2) is 0 Å². The number of aryl methyl sites for hydroxylation is 1. The van der Waals surface area contributed by atoms with Gasteiger partial charge in [-0.25, -0.2) is 10.2 Å². The smallest absolute Gasteiger partial charge is 0.625 e. The number of benzene rings is 12. The van der Waals surface area contributed by atoms with Gasteiger partial charge >= 0.3 is 21.1 Å². The molecule has 0 aliphatic carbocycles. The average Bonchev–Trinajstić information content (AvgIpc) is 1.69. The first-order chi connectivity index (χ1) is 46.4. The summed E-state index contributed by atoms with van der Waals surface area (Å²) < 4.78 is 7.40. The molecule has 4 heterocycles. The van der Waals surface area contributed by atoms with E-state index in [-0.39, 0.29) is 84.3 Å². The molecule has 13 aromatic rings. The second-order valence-electron chi connectivity index (χ2n) is 21.6. The van der Waals surface area contributed by atoms with Crippen molar-refractivity contribution >= 4 is 45.6 Å². The van der Waals surface area contributed by atoms with Crippen LogP contribution in [-0.4, -0.2) is 43.5 Å². The van der Waals surface area contributed by atoms with Crippen LogP contribution in [0.5, 0.6) is 0 Å². The van der Waals surface area contributed by atoms with Crippen molar-refractivity contribution in [2.24, 2.45) is 22.4 Å². The van der Waals surface area contributed by atoms with Gasteiger partial charge in [-0.1, -0.05) is 230 Å². The third kappa shape index (κ3) is 18.8. The van der Waals surface area contributed by atoms with Crippen molar-refractivity contribution in [2.45, 2.75) is 0 Å². The molecule has 16 rings (SSSR count). The zero-order valence-corrected chi connectivity index (χ0v) is 62.7. The van der Waals surface area contributed by atoms with Crippen molar-refractivity contribution in [3.8, 4) is 67.3 Å². The van der Waals surface area contributed by atoms with E-state index in [1.807, 2.05) is 192 Å². The first kappa shape index (κ1) is 73.1. The van der Waals surface area contributed by atoms with Crippen molar-refractivity contribution in [2.75, 3.05) is 22.1 Å². The van der Waals surface area contributed by atoms with Crippen molar-refractivity contribution in [1.82, 2.24) is 19.7 Å². The van der Waals surface area contributed by atoms with Gasteiger partial charge in [0.05, 0.1) is 10.9 Å². The molecular weight excluding hydrogens is 1950 g/mol. The van der Waals surface area contributed by atoms with Gasteiger partial charge in [-0.05, 0) is 63.7 Å². The average molecular weight is 2010 g/mol. The fraction of sp³-hybridized carbons (Fsp3) is 0.0244. The number of rotatable bonds is 12. The Morgan fingerprint density at radius 1 is 0.357 bits per heavy atom. The zero-order valence-electron chi connectivity index (χ0n) is 52.8. The Morgan fingerprint density at radius 2 is 0.735 bits per heavy atom. The van der Waals surface area contributed by atoms with E-state index in [1.165, 1.54) is 44.5 Å². The summed E-state index contributed by atoms with van der Waals surface area (Å²) in [5.74, 6) is 5.06. The largest absolute Gasteiger partial charge is 2.00 e. The zero-order chi connectivity index (χ0) is 63.7. The quantitative estimate of drug-likeness (QED) is 0.112. The van der Waals surface area contributed by atoms with Gasteiger partial charge in [0.2, 0.25) is 5.90 Å². The minimum Gasteiger partial charge on any atom is -0.625 e. The second kappa shape index (κ2) is 36.5. The molecule has 11 nitrogen and oxygen atoms in total. The monoisotopic (exact) mass is 2010 g/mol. The third-order valence-corrected chi connectivity index (χ3v) is 16.1. The van der Waals surface area contributed by atoms with E-state index in [1.54, 1.807) is 23.5 Å². The number of thioether (sulfide) groups is 1. The van der Waals surface area contributed by atoms with Crippen LogP contribution in [0.1, 0.15) is 16.7 Å². The molecule has 496 valence electrons. The van der Waals surface area contributed by atoms with Crippen LogP contribution in [0.3, 0.4) is 0 Å². The van der Waals surface area contributed by atoms with E-state index in [2.05, 4.69) is 214 Å². The van der Waals surface area contributed by atoms with Gasteiger partial charge in [-0.3, -0.25) is 21.4 Å². The SMILES string of the molecule is CN1[CH-]N(c2[c-]cccc2)N=C1c1ccc(-c2ccccc2)cc1.Cn1nc(-c2[c-]cccc2)nc1-c1ccc(-c2ccccc2)cc1.[Pt+2].[Pt].[Pt].[Pt].[c-]1ccccc1N1[CH-]OC(c2ccc(-c3ccccc3)cc2)=N1.[c-]1ccccc1N1[CH-]SC(c2ccc(-c3ccccc3)cc2)=N1. The van der Waals surface area contributed by atoms with Crippen LogP contribution in [0.4, 0.5) is 17.1 Å². The third-order valence-electron chi connectivity index (χ3n) is 15.3. The van der Waals surface area contributed by atoms with Crippen LogP contribution in [0.15, 0.2) is 331 Å². The Labute approximate surface area is 635 Å². The van der Waals surface area contributed by atoms with E-state index in [0.717, 1.165) is 61.6 Å². The Balaban J connectivity index is 0.000000151. The summed E-state index contributed by atoms with van der Waals surface area (Å²) in [7, 11) is 3.92. The first-order valence-corrected chi connectivity index (χ1v) is 31.4. The van der Waals surface area contributed by atoms with Crippen molar-refractivity contribution in [1.29, 1.82) is 0 Å². The van der Waals surface area contributed by atoms with Crippen molar-refractivity contribution < 1.29 is 89.0 Å². The molecular formula is C82H61N10OPt4S-5. The maximum Gasteiger partial charge on any atom is 2.00 e. The summed E-state index contributed by atoms with van der Waals surface area (Å²) in [5.41, 5.74) is 17.5. The molecule has 0 fully saturated rings. The number of hydrazone groups is 3. The molecule has 98 heavy (non-hydrogen) atoms. The van der Waals surface area contributed by atoms with Crippen LogP contribution < -0.4 is 15.0 Å². The van der Waals surface area contributed by atoms with Gasteiger partial charge in [0.25, 0.3) is 0 Å². The molecule has 0 saturated carbocycles. The first-order valence-electron chi connectivity index (χ1n) is 30.6. The summed E-state index contributed by atoms with van der Waals surface area (Å²) in [4.78, 5) is 6.70. The second-order valence-corrected chi connectivity index (χ2v) is 22.4. The van der Waals surface area contributed by atoms with E-state index < -0.39 is 0 Å². The van der Waals surface area contributed by atoms with Crippen molar-refractivity contribution in [3.63, 3.8) is 0 Å². The summed E-state index contributed by atoms with van der Waals surface area (Å²) in [6.45, 7) is 3.55. The molecule has 12 aromatic carbocycles. The molecule has 0 atom stereocenters. The number of nitrogens with zero attached hydrogens (tertiary/aromatic N) is 10. The molecule has 0 bridgehead atoms. The van der Waals surface area contributed by atoms with E-state index in [9.17, 15) is 0 Å². The number of amidine groups is 1. The Bertz CT molecular complexity index is 4480. The molecule has 0 saturated heterocycles. The van der Waals surface area contributed by atoms with Gasteiger partial charge < -0.3 is 24.7 Å². The van der Waals surface area contributed by atoms with Crippen molar-refractivity contribution in [3.05, 3.63) is 376 Å². The van der Waals surface area contributed by atoms with Gasteiger partial charge in [-0.15, -0.1) is 60.8 Å². The number of hydrogen-bond donors (Lipinski definition) is 0. The summed E-state index contributed by atoms with van der Waals surface area (Å²) in [6.07, 6.45) is 0. The Morgan fingerprint density at radius 3 is 1.17 bits per heavy atom. The molecule has 0 spiro atoms. The fourth-order valence-electron chi connectivity index (χ4n) is 10.4. The summed E-state index contributed by atoms with van der Waals surface area (Å²) >= 11 is 1.63. The molecule has 0 N–H and O–H groups in total. The minimum absolute atomic E-state index is 0. The van der Waals surface area contributed by atoms with E-state index in [0.29, 0.717) is 11.7 Å². The van der Waals surface area contributed by atoms with Crippen LogP contribution in [0.25, 0.3) is 67.3 Å². The normalized spacial score (nSPS) is 12.5. The fourth-order valence-corrected chi connectivity index (χ4v) is 11.1. The van der Waals surface area contributed by atoms with Crippen LogP contribution in [0.2, 0.25) is 0 Å². The number of ether oxygens (including phenoxy) is 1. The predicted octanol–water partition coefficient (Wildman–Crippen LogP) is 18.7. The molecule has 0 radical (unpaired) electrons. The number of anilines is 3. The minimum atomic E-state index is 0. The summed E-state index contributed by atoms with van der Waals surface area (Å²) in [6, 6.07) is 119. The molecule has 0 amide bonds. The number of aromatic nitrogens is 3. The standard InChI is InChI=1S/C21H17N3.C21H16N3.C20H14N2O.C20H14N2S.4Pt/c1-23-16-24(20-10-6-3-7-11-20)22-21(23)19-14-12-18(13-15-19)17-8-4-2-5-9-17;1-24-21(22-20(23-24)18-10-6-3-7-11-18)19-14-12-17(13-15-19)16-8-4-2-5-9-16;2*1-3-7-16(8-4-1)17-11-13-18(14-12-17)20-21-22(15-23-20)19-9-5-2-6-10-19;;;;/h2-10,12-16H,1H3;2-10,12-15H,1H3;2*1-9,11-15H;;;;/q-2;-1;2*-2;;;;+2. The van der Waals surface area contributed by atoms with Gasteiger partial charge in [-0.2, -0.15) is 88.9 Å². The van der Waals surface area contributed by atoms with E-state index >= 15 is 0 Å². The van der Waals surface area contributed by atoms with Crippen LogP contribution in [0, 0.1) is 43.5 Å². The van der Waals surface area contributed by atoms with Gasteiger partial charge in [0, 0.05) is 92.5 Å². The predicted molar refractivity (Wildman–Crippen MR) is 384 cm³/mol. The summed E-state index contributed by atoms with van der Waals surface area (Å²) in [5, 5.41) is 24.7. The van der Waals surface area contributed by atoms with E-state index in [4.69, 9.17) is 9.84 Å². The van der Waals surface area contributed by atoms with Crippen LogP contribution >= 0.6 is 11.8 Å².